The molecule has 0 aliphatic heterocycles. The third kappa shape index (κ3) is 5.39. The van der Waals surface area contributed by atoms with E-state index in [4.69, 9.17) is 14.5 Å². The summed E-state index contributed by atoms with van der Waals surface area (Å²) in [5.41, 5.74) is 4.98. The minimum atomic E-state index is -0.132. The number of ether oxygens (including phenoxy) is 2. The van der Waals surface area contributed by atoms with Gasteiger partial charge in [0.1, 0.15) is 23.9 Å². The lowest BCUT2D eigenvalue weighted by Crippen LogP contribution is -2.25. The summed E-state index contributed by atoms with van der Waals surface area (Å²) in [5.74, 6) is 2.35. The molecule has 4 aromatic rings. The van der Waals surface area contributed by atoms with Crippen molar-refractivity contribution in [3.8, 4) is 11.5 Å². The number of imidazole rings is 1. The number of benzene rings is 3. The zero-order valence-electron chi connectivity index (χ0n) is 20.0. The normalized spacial score (nSPS) is 10.9. The van der Waals surface area contributed by atoms with Crippen LogP contribution < -0.4 is 14.8 Å². The topological polar surface area (TPSA) is 65.4 Å². The van der Waals surface area contributed by atoms with Crippen LogP contribution in [0.15, 0.2) is 66.7 Å². The van der Waals surface area contributed by atoms with Crippen molar-refractivity contribution in [1.29, 1.82) is 0 Å². The van der Waals surface area contributed by atoms with Gasteiger partial charge >= 0.3 is 0 Å². The first kappa shape index (κ1) is 23.4. The number of nitrogens with one attached hydrogen (secondary N) is 1. The number of fused-ring (bicyclic) bond motifs is 1. The van der Waals surface area contributed by atoms with Gasteiger partial charge in [-0.1, -0.05) is 42.0 Å². The molecule has 0 saturated carbocycles. The molecule has 1 N–H and O–H groups in total. The number of carbonyl (C=O) groups excluding carboxylic acids is 1. The maximum atomic E-state index is 12.5. The number of methoxy groups -OCH3 is 1. The Labute approximate surface area is 200 Å². The lowest BCUT2D eigenvalue weighted by atomic mass is 10.1. The van der Waals surface area contributed by atoms with Gasteiger partial charge in [0.15, 0.2) is 0 Å². The molecule has 6 nitrogen and oxygen atoms in total. The second-order valence-corrected chi connectivity index (χ2v) is 8.35. The van der Waals surface area contributed by atoms with Crippen LogP contribution in [0.25, 0.3) is 11.0 Å². The molecule has 1 amide bonds. The van der Waals surface area contributed by atoms with E-state index in [9.17, 15) is 4.79 Å². The van der Waals surface area contributed by atoms with Crippen LogP contribution in [0, 0.1) is 13.8 Å². The predicted octanol–water partition coefficient (Wildman–Crippen LogP) is 5.10. The largest absolute Gasteiger partial charge is 0.496 e. The summed E-state index contributed by atoms with van der Waals surface area (Å²) in [6.07, 6.45) is 1.53. The Morgan fingerprint density at radius 2 is 1.79 bits per heavy atom. The maximum absolute atomic E-state index is 12.5. The first-order valence-electron chi connectivity index (χ1n) is 11.6. The summed E-state index contributed by atoms with van der Waals surface area (Å²) in [5, 5.41) is 2.99. The molecular weight excluding hydrogens is 426 g/mol. The number of carbonyl (C=O) groups is 1. The van der Waals surface area contributed by atoms with Gasteiger partial charge in [0.2, 0.25) is 0 Å². The molecule has 0 spiro atoms. The fraction of sp³-hybridized carbons (Fsp3) is 0.286. The molecule has 0 saturated heterocycles. The van der Waals surface area contributed by atoms with Crippen LogP contribution >= 0.6 is 0 Å². The summed E-state index contributed by atoms with van der Waals surface area (Å²) in [4.78, 5) is 17.4. The van der Waals surface area contributed by atoms with E-state index in [2.05, 4.69) is 41.9 Å². The molecule has 1 heterocycles. The fourth-order valence-electron chi connectivity index (χ4n) is 4.15. The third-order valence-electron chi connectivity index (χ3n) is 5.85. The number of hydrogen-bond donors (Lipinski definition) is 1. The Morgan fingerprint density at radius 3 is 2.62 bits per heavy atom. The molecule has 6 heteroatoms. The van der Waals surface area contributed by atoms with E-state index >= 15 is 0 Å². The van der Waals surface area contributed by atoms with Gasteiger partial charge in [-0.25, -0.2) is 4.98 Å². The van der Waals surface area contributed by atoms with Gasteiger partial charge in [-0.15, -0.1) is 0 Å². The summed E-state index contributed by atoms with van der Waals surface area (Å²) in [7, 11) is 1.57. The quantitative estimate of drug-likeness (QED) is 0.336. The van der Waals surface area contributed by atoms with E-state index in [0.29, 0.717) is 31.0 Å². The molecule has 34 heavy (non-hydrogen) atoms. The second-order valence-electron chi connectivity index (χ2n) is 8.35. The number of amides is 1. The van der Waals surface area contributed by atoms with Gasteiger partial charge in [0, 0.05) is 13.0 Å². The van der Waals surface area contributed by atoms with Crippen molar-refractivity contribution in [2.24, 2.45) is 0 Å². The SMILES string of the molecule is COc1ccccc1C(=O)NCCCc1nc2ccccc2n1CCOc1ccc(C)cc1C. The molecule has 0 fully saturated rings. The lowest BCUT2D eigenvalue weighted by molar-refractivity contribution is 0.0950. The van der Waals surface area contributed by atoms with Crippen molar-refractivity contribution in [2.75, 3.05) is 20.3 Å². The van der Waals surface area contributed by atoms with Crippen LogP contribution in [0.5, 0.6) is 11.5 Å². The molecule has 0 aliphatic carbocycles. The summed E-state index contributed by atoms with van der Waals surface area (Å²) in [6, 6.07) is 21.6. The first-order valence-corrected chi connectivity index (χ1v) is 11.6. The Bertz CT molecular complexity index is 1280. The minimum absolute atomic E-state index is 0.132. The zero-order valence-corrected chi connectivity index (χ0v) is 20.0. The van der Waals surface area contributed by atoms with E-state index in [1.54, 1.807) is 19.2 Å². The number of hydrogen-bond acceptors (Lipinski definition) is 4. The van der Waals surface area contributed by atoms with Crippen LogP contribution in [0.3, 0.4) is 0 Å². The average Bonchev–Trinajstić information content (AvgIpc) is 3.20. The highest BCUT2D eigenvalue weighted by Gasteiger charge is 2.13. The molecule has 0 bridgehead atoms. The van der Waals surface area contributed by atoms with Crippen molar-refractivity contribution in [3.05, 3.63) is 89.2 Å². The monoisotopic (exact) mass is 457 g/mol. The number of rotatable bonds is 10. The molecule has 0 unspecified atom stereocenters. The molecular formula is C28H31N3O3. The Balaban J connectivity index is 1.38. The third-order valence-corrected chi connectivity index (χ3v) is 5.85. The van der Waals surface area contributed by atoms with Crippen molar-refractivity contribution in [3.63, 3.8) is 0 Å². The van der Waals surface area contributed by atoms with Crippen molar-refractivity contribution >= 4 is 16.9 Å². The standard InChI is InChI=1S/C28H31N3O3/c1-20-14-15-25(21(2)19-20)34-18-17-31-24-11-6-5-10-23(24)30-27(31)13-8-16-29-28(32)22-9-4-7-12-26(22)33-3/h4-7,9-12,14-15,19H,8,13,16-18H2,1-3H3,(H,29,32). The van der Waals surface area contributed by atoms with Gasteiger partial charge in [0.05, 0.1) is 30.3 Å². The molecule has 3 aromatic carbocycles. The highest BCUT2D eigenvalue weighted by molar-refractivity contribution is 5.96. The van der Waals surface area contributed by atoms with Crippen LogP contribution in [0.2, 0.25) is 0 Å². The summed E-state index contributed by atoms with van der Waals surface area (Å²) < 4.78 is 13.6. The van der Waals surface area contributed by atoms with Gasteiger partial charge in [-0.3, -0.25) is 4.79 Å². The number of nitrogens with zero attached hydrogens (tertiary/aromatic N) is 2. The highest BCUT2D eigenvalue weighted by Crippen LogP contribution is 2.21. The van der Waals surface area contributed by atoms with E-state index in [1.165, 1.54) is 5.56 Å². The fourth-order valence-corrected chi connectivity index (χ4v) is 4.15. The van der Waals surface area contributed by atoms with Crippen LogP contribution in [-0.4, -0.2) is 35.7 Å². The smallest absolute Gasteiger partial charge is 0.255 e. The zero-order chi connectivity index (χ0) is 23.9. The Kier molecular flexibility index (Phi) is 7.48. The number of para-hydroxylation sites is 3. The van der Waals surface area contributed by atoms with E-state index in [1.807, 2.05) is 36.4 Å². The van der Waals surface area contributed by atoms with E-state index in [-0.39, 0.29) is 5.91 Å². The minimum Gasteiger partial charge on any atom is -0.496 e. The predicted molar refractivity (Wildman–Crippen MR) is 135 cm³/mol. The van der Waals surface area contributed by atoms with Crippen molar-refractivity contribution in [1.82, 2.24) is 14.9 Å². The van der Waals surface area contributed by atoms with E-state index < -0.39 is 0 Å². The Morgan fingerprint density at radius 1 is 1.00 bits per heavy atom. The lowest BCUT2D eigenvalue weighted by Gasteiger charge is -2.13. The van der Waals surface area contributed by atoms with Gasteiger partial charge in [-0.05, 0) is 56.2 Å². The van der Waals surface area contributed by atoms with Crippen LogP contribution in [0.1, 0.15) is 33.7 Å². The Hall–Kier alpha value is -3.80. The van der Waals surface area contributed by atoms with Crippen molar-refractivity contribution in [2.45, 2.75) is 33.2 Å². The first-order chi connectivity index (χ1) is 16.6. The molecule has 176 valence electrons. The summed E-state index contributed by atoms with van der Waals surface area (Å²) in [6.45, 7) is 5.97. The average molecular weight is 458 g/mol. The molecule has 0 radical (unpaired) electrons. The van der Waals surface area contributed by atoms with E-state index in [0.717, 1.165) is 41.0 Å². The van der Waals surface area contributed by atoms with Crippen molar-refractivity contribution < 1.29 is 14.3 Å². The maximum Gasteiger partial charge on any atom is 0.255 e. The number of aromatic nitrogens is 2. The van der Waals surface area contributed by atoms with Crippen LogP contribution in [-0.2, 0) is 13.0 Å². The molecule has 4 rings (SSSR count). The summed E-state index contributed by atoms with van der Waals surface area (Å²) >= 11 is 0. The van der Waals surface area contributed by atoms with Gasteiger partial charge < -0.3 is 19.4 Å². The molecule has 0 atom stereocenters. The second kappa shape index (κ2) is 10.9. The molecule has 1 aromatic heterocycles. The molecule has 0 aliphatic rings. The number of aryl methyl sites for hydroxylation is 3. The highest BCUT2D eigenvalue weighted by atomic mass is 16.5. The van der Waals surface area contributed by atoms with Gasteiger partial charge in [-0.2, -0.15) is 0 Å². The van der Waals surface area contributed by atoms with Gasteiger partial charge in [0.25, 0.3) is 5.91 Å². The van der Waals surface area contributed by atoms with Crippen LogP contribution in [0.4, 0.5) is 0 Å².